The Bertz CT molecular complexity index is 952. The monoisotopic (exact) mass is 525 g/mol. The van der Waals surface area contributed by atoms with Gasteiger partial charge in [-0.15, -0.1) is 24.0 Å². The van der Waals surface area contributed by atoms with E-state index >= 15 is 0 Å². The Morgan fingerprint density at radius 3 is 2.68 bits per heavy atom. The molecule has 6 nitrogen and oxygen atoms in total. The molecule has 1 N–H and O–H groups in total. The molecule has 2 aliphatic heterocycles. The summed E-state index contributed by atoms with van der Waals surface area (Å²) in [6, 6.07) is 4.13. The number of hydrogen-bond acceptors (Lipinski definition) is 7. The number of piperidine rings is 1. The molecular weight excluding hydrogens is 505 g/mol. The standard InChI is InChI=1S/C19H20IN5OS2/c20-17-13(4-5-15(23-17)24-7-2-1-3-8-24)18-22-14-6-9-25(12(10-21)11-27)19(26)16(14)28-18/h4-5,10-11,21,27H,1-3,6-9H2/b12-11+,21-10?. The summed E-state index contributed by atoms with van der Waals surface area (Å²) in [7, 11) is 0. The lowest BCUT2D eigenvalue weighted by Crippen LogP contribution is -2.36. The van der Waals surface area contributed by atoms with Gasteiger partial charge in [-0.05, 0) is 59.4 Å². The van der Waals surface area contributed by atoms with Crippen molar-refractivity contribution in [2.24, 2.45) is 0 Å². The van der Waals surface area contributed by atoms with Crippen molar-refractivity contribution in [3.05, 3.63) is 37.5 Å². The summed E-state index contributed by atoms with van der Waals surface area (Å²) in [5.74, 6) is 0.910. The fourth-order valence-electron chi connectivity index (χ4n) is 3.56. The number of amides is 1. The molecule has 4 heterocycles. The second-order valence-corrected chi connectivity index (χ2v) is 9.03. The Hall–Kier alpha value is -1.46. The summed E-state index contributed by atoms with van der Waals surface area (Å²) in [6.45, 7) is 2.64. The Morgan fingerprint density at radius 1 is 1.21 bits per heavy atom. The number of nitrogens with zero attached hydrogens (tertiary/aromatic N) is 4. The van der Waals surface area contributed by atoms with Gasteiger partial charge in [-0.3, -0.25) is 4.79 Å². The van der Waals surface area contributed by atoms with E-state index in [0.29, 0.717) is 23.5 Å². The highest BCUT2D eigenvalue weighted by Crippen LogP contribution is 2.35. The van der Waals surface area contributed by atoms with Gasteiger partial charge in [0.05, 0.1) is 11.4 Å². The zero-order valence-corrected chi connectivity index (χ0v) is 19.1. The van der Waals surface area contributed by atoms with Gasteiger partial charge in [0.15, 0.2) is 0 Å². The van der Waals surface area contributed by atoms with Crippen molar-refractivity contribution in [3.8, 4) is 10.6 Å². The number of carbonyl (C=O) groups is 1. The maximum atomic E-state index is 12.9. The van der Waals surface area contributed by atoms with E-state index in [0.717, 1.165) is 45.1 Å². The fraction of sp³-hybridized carbons (Fsp3) is 0.368. The van der Waals surface area contributed by atoms with Crippen LogP contribution < -0.4 is 4.90 Å². The van der Waals surface area contributed by atoms with Crippen LogP contribution in [0.5, 0.6) is 0 Å². The number of thiazole rings is 1. The maximum absolute atomic E-state index is 12.9. The minimum Gasteiger partial charge on any atom is -0.357 e. The third-order valence-corrected chi connectivity index (χ3v) is 7.25. The topological polar surface area (TPSA) is 73.2 Å². The van der Waals surface area contributed by atoms with E-state index in [1.54, 1.807) is 4.90 Å². The van der Waals surface area contributed by atoms with E-state index in [-0.39, 0.29) is 5.91 Å². The summed E-state index contributed by atoms with van der Waals surface area (Å²) in [4.78, 5) is 27.0. The van der Waals surface area contributed by atoms with Crippen LogP contribution in [0.4, 0.5) is 5.82 Å². The molecule has 0 aromatic carbocycles. The van der Waals surface area contributed by atoms with Crippen LogP contribution in [0.25, 0.3) is 10.6 Å². The van der Waals surface area contributed by atoms with Crippen LogP contribution in [0.2, 0.25) is 0 Å². The van der Waals surface area contributed by atoms with Gasteiger partial charge in [-0.1, -0.05) is 0 Å². The van der Waals surface area contributed by atoms with Gasteiger partial charge in [-0.25, -0.2) is 9.97 Å². The van der Waals surface area contributed by atoms with Gasteiger partial charge in [0.2, 0.25) is 0 Å². The quantitative estimate of drug-likeness (QED) is 0.272. The summed E-state index contributed by atoms with van der Waals surface area (Å²) in [5.41, 5.74) is 2.30. The number of hydrogen-bond donors (Lipinski definition) is 2. The number of fused-ring (bicyclic) bond motifs is 1. The lowest BCUT2D eigenvalue weighted by Gasteiger charge is -2.27. The number of allylic oxidation sites excluding steroid dienone is 1. The van der Waals surface area contributed by atoms with E-state index in [2.05, 4.69) is 52.3 Å². The molecule has 0 aliphatic carbocycles. The highest BCUT2D eigenvalue weighted by Gasteiger charge is 2.30. The minimum atomic E-state index is -0.110. The SMILES string of the molecule is N=C/C(=C\S)N1CCc2nc(-c3ccc(N4CCCCC4)nc3I)sc2C1=O. The number of pyridine rings is 1. The predicted octanol–water partition coefficient (Wildman–Crippen LogP) is 4.22. The zero-order chi connectivity index (χ0) is 19.7. The van der Waals surface area contributed by atoms with Gasteiger partial charge in [0, 0.05) is 37.8 Å². The first-order chi connectivity index (χ1) is 13.6. The molecule has 0 bridgehead atoms. The van der Waals surface area contributed by atoms with Crippen LogP contribution in [0.3, 0.4) is 0 Å². The maximum Gasteiger partial charge on any atom is 0.270 e. The lowest BCUT2D eigenvalue weighted by atomic mass is 10.1. The summed E-state index contributed by atoms with van der Waals surface area (Å²) < 4.78 is 0.909. The number of halogens is 1. The summed E-state index contributed by atoms with van der Waals surface area (Å²) >= 11 is 7.78. The molecule has 0 unspecified atom stereocenters. The molecule has 0 atom stereocenters. The van der Waals surface area contributed by atoms with Crippen LogP contribution in [0.15, 0.2) is 23.2 Å². The highest BCUT2D eigenvalue weighted by atomic mass is 127. The molecule has 2 aromatic heterocycles. The molecular formula is C19H20IN5OS2. The first kappa shape index (κ1) is 19.8. The van der Waals surface area contributed by atoms with Gasteiger partial charge in [0.1, 0.15) is 19.4 Å². The predicted molar refractivity (Wildman–Crippen MR) is 125 cm³/mol. The Kier molecular flexibility index (Phi) is 6.02. The van der Waals surface area contributed by atoms with Gasteiger partial charge in [0.25, 0.3) is 5.91 Å². The molecule has 2 aliphatic rings. The molecule has 28 heavy (non-hydrogen) atoms. The van der Waals surface area contributed by atoms with Crippen LogP contribution in [0.1, 0.15) is 34.6 Å². The van der Waals surface area contributed by atoms with Crippen LogP contribution in [-0.4, -0.2) is 46.6 Å². The number of aromatic nitrogens is 2. The smallest absolute Gasteiger partial charge is 0.270 e. The molecule has 146 valence electrons. The molecule has 1 saturated heterocycles. The molecule has 1 fully saturated rings. The molecule has 0 spiro atoms. The summed E-state index contributed by atoms with van der Waals surface area (Å²) in [5, 5.41) is 9.80. The number of rotatable bonds is 4. The largest absolute Gasteiger partial charge is 0.357 e. The van der Waals surface area contributed by atoms with Crippen LogP contribution >= 0.6 is 46.6 Å². The first-order valence-electron chi connectivity index (χ1n) is 9.20. The molecule has 0 saturated carbocycles. The van der Waals surface area contributed by atoms with E-state index in [4.69, 9.17) is 15.4 Å². The Balaban J connectivity index is 1.62. The van der Waals surface area contributed by atoms with E-state index in [1.807, 2.05) is 0 Å². The van der Waals surface area contributed by atoms with Crippen molar-refractivity contribution in [3.63, 3.8) is 0 Å². The minimum absolute atomic E-state index is 0.110. The number of thiol groups is 1. The molecule has 4 rings (SSSR count). The molecule has 0 radical (unpaired) electrons. The van der Waals surface area contributed by atoms with Crippen molar-refractivity contribution < 1.29 is 4.79 Å². The Labute approximate surface area is 187 Å². The van der Waals surface area contributed by atoms with Crippen molar-refractivity contribution >= 4 is 64.5 Å². The van der Waals surface area contributed by atoms with Crippen molar-refractivity contribution in [2.45, 2.75) is 25.7 Å². The van der Waals surface area contributed by atoms with Crippen LogP contribution in [0, 0.1) is 9.11 Å². The highest BCUT2D eigenvalue weighted by molar-refractivity contribution is 14.1. The average Bonchev–Trinajstić information content (AvgIpc) is 3.16. The normalized spacial score (nSPS) is 17.6. The van der Waals surface area contributed by atoms with Crippen molar-refractivity contribution in [1.29, 1.82) is 5.41 Å². The summed E-state index contributed by atoms with van der Waals surface area (Å²) in [6.07, 6.45) is 5.56. The van der Waals surface area contributed by atoms with E-state index in [1.165, 1.54) is 36.0 Å². The molecule has 2 aromatic rings. The lowest BCUT2D eigenvalue weighted by molar-refractivity contribution is 0.0805. The second kappa shape index (κ2) is 8.50. The first-order valence-corrected chi connectivity index (χ1v) is 11.6. The third kappa shape index (κ3) is 3.71. The van der Waals surface area contributed by atoms with E-state index < -0.39 is 0 Å². The van der Waals surface area contributed by atoms with Crippen molar-refractivity contribution in [1.82, 2.24) is 14.9 Å². The fourth-order valence-corrected chi connectivity index (χ4v) is 5.73. The Morgan fingerprint density at radius 2 is 2.00 bits per heavy atom. The van der Waals surface area contributed by atoms with Gasteiger partial charge < -0.3 is 15.2 Å². The molecule has 1 amide bonds. The third-order valence-electron chi connectivity index (χ3n) is 5.05. The van der Waals surface area contributed by atoms with Gasteiger partial charge >= 0.3 is 0 Å². The number of nitrogens with one attached hydrogen (secondary N) is 1. The van der Waals surface area contributed by atoms with Crippen LogP contribution in [-0.2, 0) is 6.42 Å². The molecule has 9 heteroatoms. The number of anilines is 1. The van der Waals surface area contributed by atoms with E-state index in [9.17, 15) is 4.79 Å². The second-order valence-electron chi connectivity index (χ2n) is 6.76. The van der Waals surface area contributed by atoms with Crippen molar-refractivity contribution in [2.75, 3.05) is 24.5 Å². The van der Waals surface area contributed by atoms with Gasteiger partial charge in [-0.2, -0.15) is 0 Å². The average molecular weight is 525 g/mol. The zero-order valence-electron chi connectivity index (χ0n) is 15.2. The number of carbonyl (C=O) groups excluding carboxylic acids is 1.